The SMILES string of the molecule is COc1cc([C@H]2CC(=O)Nc3nc(-c4ccccc4)[nH]c(=O)c32)cc(OC)c1O. The van der Waals surface area contributed by atoms with Gasteiger partial charge in [-0.1, -0.05) is 30.3 Å². The van der Waals surface area contributed by atoms with Gasteiger partial charge < -0.3 is 24.9 Å². The maximum atomic E-state index is 13.0. The Morgan fingerprint density at radius 2 is 1.72 bits per heavy atom. The number of amides is 1. The van der Waals surface area contributed by atoms with E-state index in [0.717, 1.165) is 5.56 Å². The number of phenols is 1. The molecule has 0 saturated carbocycles. The summed E-state index contributed by atoms with van der Waals surface area (Å²) in [5, 5.41) is 12.9. The van der Waals surface area contributed by atoms with E-state index in [-0.39, 0.29) is 41.0 Å². The summed E-state index contributed by atoms with van der Waals surface area (Å²) in [4.78, 5) is 32.6. The lowest BCUT2D eigenvalue weighted by atomic mass is 9.86. The van der Waals surface area contributed by atoms with Gasteiger partial charge in [0, 0.05) is 17.9 Å². The average molecular weight is 393 g/mol. The number of hydrogen-bond acceptors (Lipinski definition) is 6. The molecular weight excluding hydrogens is 374 g/mol. The number of carbonyl (C=O) groups excluding carboxylic acids is 1. The van der Waals surface area contributed by atoms with Gasteiger partial charge in [-0.3, -0.25) is 9.59 Å². The van der Waals surface area contributed by atoms with Crippen LogP contribution in [0.2, 0.25) is 0 Å². The molecule has 0 bridgehead atoms. The molecule has 3 N–H and O–H groups in total. The number of phenolic OH excluding ortho intramolecular Hbond substituents is 1. The smallest absolute Gasteiger partial charge is 0.257 e. The van der Waals surface area contributed by atoms with Crippen molar-refractivity contribution in [1.82, 2.24) is 9.97 Å². The molecule has 4 rings (SSSR count). The van der Waals surface area contributed by atoms with Gasteiger partial charge in [0.05, 0.1) is 19.8 Å². The van der Waals surface area contributed by atoms with Crippen LogP contribution in [0.15, 0.2) is 47.3 Å². The minimum atomic E-state index is -0.566. The molecule has 0 radical (unpaired) electrons. The molecule has 1 aliphatic rings. The highest BCUT2D eigenvalue weighted by molar-refractivity contribution is 5.94. The van der Waals surface area contributed by atoms with E-state index >= 15 is 0 Å². The Kier molecular flexibility index (Phi) is 4.67. The quantitative estimate of drug-likeness (QED) is 0.628. The first-order valence-corrected chi connectivity index (χ1v) is 8.96. The number of aromatic nitrogens is 2. The van der Waals surface area contributed by atoms with Crippen molar-refractivity contribution in [1.29, 1.82) is 0 Å². The van der Waals surface area contributed by atoms with Gasteiger partial charge in [-0.2, -0.15) is 0 Å². The van der Waals surface area contributed by atoms with Gasteiger partial charge in [0.1, 0.15) is 11.6 Å². The molecule has 0 saturated heterocycles. The van der Waals surface area contributed by atoms with Gasteiger partial charge in [-0.25, -0.2) is 4.98 Å². The molecular formula is C21H19N3O5. The van der Waals surface area contributed by atoms with Gasteiger partial charge in [0.15, 0.2) is 11.5 Å². The highest BCUT2D eigenvalue weighted by atomic mass is 16.5. The summed E-state index contributed by atoms with van der Waals surface area (Å²) >= 11 is 0. The van der Waals surface area contributed by atoms with E-state index in [9.17, 15) is 14.7 Å². The van der Waals surface area contributed by atoms with Crippen LogP contribution >= 0.6 is 0 Å². The van der Waals surface area contributed by atoms with Crippen LogP contribution in [0, 0.1) is 0 Å². The fourth-order valence-electron chi connectivity index (χ4n) is 3.50. The number of aromatic hydroxyl groups is 1. The van der Waals surface area contributed by atoms with Gasteiger partial charge in [0.25, 0.3) is 5.56 Å². The van der Waals surface area contributed by atoms with Crippen LogP contribution < -0.4 is 20.3 Å². The van der Waals surface area contributed by atoms with Crippen LogP contribution in [0.1, 0.15) is 23.5 Å². The summed E-state index contributed by atoms with van der Waals surface area (Å²) in [6, 6.07) is 12.4. The Balaban J connectivity index is 1.88. The highest BCUT2D eigenvalue weighted by Gasteiger charge is 2.32. The van der Waals surface area contributed by atoms with Crippen LogP contribution in [0.4, 0.5) is 5.82 Å². The number of anilines is 1. The Morgan fingerprint density at radius 1 is 1.07 bits per heavy atom. The number of methoxy groups -OCH3 is 2. The van der Waals surface area contributed by atoms with Crippen molar-refractivity contribution >= 4 is 11.7 Å². The number of rotatable bonds is 4. The van der Waals surface area contributed by atoms with Crippen LogP contribution in [-0.2, 0) is 4.79 Å². The van der Waals surface area contributed by atoms with Crippen molar-refractivity contribution in [2.45, 2.75) is 12.3 Å². The van der Waals surface area contributed by atoms with Crippen molar-refractivity contribution < 1.29 is 19.4 Å². The number of fused-ring (bicyclic) bond motifs is 1. The monoisotopic (exact) mass is 393 g/mol. The second-order valence-corrected chi connectivity index (χ2v) is 6.62. The molecule has 148 valence electrons. The lowest BCUT2D eigenvalue weighted by molar-refractivity contribution is -0.116. The second kappa shape index (κ2) is 7.31. The van der Waals surface area contributed by atoms with E-state index < -0.39 is 5.92 Å². The third kappa shape index (κ3) is 3.29. The normalized spacial score (nSPS) is 15.4. The second-order valence-electron chi connectivity index (χ2n) is 6.62. The van der Waals surface area contributed by atoms with Crippen molar-refractivity contribution in [3.63, 3.8) is 0 Å². The summed E-state index contributed by atoms with van der Waals surface area (Å²) in [7, 11) is 2.83. The molecule has 1 aromatic heterocycles. The first-order valence-electron chi connectivity index (χ1n) is 8.96. The standard InChI is InChI=1S/C21H19N3O5/c1-28-14-8-12(9-15(29-2)18(14)26)13-10-16(25)22-20-17(13)21(27)24-19(23-20)11-6-4-3-5-7-11/h3-9,13,26H,10H2,1-2H3,(H2,22,23,24,25,27)/t13-/m1/s1. The summed E-state index contributed by atoms with van der Waals surface area (Å²) < 4.78 is 10.4. The Morgan fingerprint density at radius 3 is 2.34 bits per heavy atom. The molecule has 2 aromatic carbocycles. The molecule has 1 aliphatic heterocycles. The van der Waals surface area contributed by atoms with E-state index in [0.29, 0.717) is 17.0 Å². The number of aromatic amines is 1. The number of carbonyl (C=O) groups is 1. The largest absolute Gasteiger partial charge is 0.502 e. The predicted molar refractivity (Wildman–Crippen MR) is 107 cm³/mol. The number of hydrogen-bond donors (Lipinski definition) is 3. The van der Waals surface area contributed by atoms with Crippen LogP contribution in [0.3, 0.4) is 0 Å². The molecule has 1 amide bonds. The van der Waals surface area contributed by atoms with Crippen LogP contribution in [0.25, 0.3) is 11.4 Å². The van der Waals surface area contributed by atoms with E-state index in [1.54, 1.807) is 12.1 Å². The van der Waals surface area contributed by atoms with E-state index in [1.165, 1.54) is 14.2 Å². The van der Waals surface area contributed by atoms with Gasteiger partial charge in [-0.05, 0) is 17.7 Å². The van der Waals surface area contributed by atoms with Crippen molar-refractivity contribution in [2.75, 3.05) is 19.5 Å². The minimum Gasteiger partial charge on any atom is -0.502 e. The molecule has 1 atom stereocenters. The maximum Gasteiger partial charge on any atom is 0.257 e. The molecule has 0 fully saturated rings. The van der Waals surface area contributed by atoms with E-state index in [1.807, 2.05) is 30.3 Å². The zero-order valence-electron chi connectivity index (χ0n) is 15.9. The number of nitrogens with one attached hydrogen (secondary N) is 2. The summed E-state index contributed by atoms with van der Waals surface area (Å²) in [6.45, 7) is 0. The number of benzene rings is 2. The molecule has 29 heavy (non-hydrogen) atoms. The maximum absolute atomic E-state index is 13.0. The first-order chi connectivity index (χ1) is 14.0. The number of nitrogens with zero attached hydrogens (tertiary/aromatic N) is 1. The number of ether oxygens (including phenoxy) is 2. The summed E-state index contributed by atoms with van der Waals surface area (Å²) in [6.07, 6.45) is 0.0551. The molecule has 0 spiro atoms. The lowest BCUT2D eigenvalue weighted by Gasteiger charge is -2.25. The number of H-pyrrole nitrogens is 1. The molecule has 0 unspecified atom stereocenters. The predicted octanol–water partition coefficient (Wildman–Crippen LogP) is 2.63. The first kappa shape index (κ1) is 18.5. The zero-order valence-corrected chi connectivity index (χ0v) is 15.9. The van der Waals surface area contributed by atoms with Crippen molar-refractivity contribution in [3.8, 4) is 28.6 Å². The molecule has 0 aliphatic carbocycles. The Hall–Kier alpha value is -3.81. The fourth-order valence-corrected chi connectivity index (χ4v) is 3.50. The van der Waals surface area contributed by atoms with Crippen molar-refractivity contribution in [2.24, 2.45) is 0 Å². The molecule has 8 nitrogen and oxygen atoms in total. The van der Waals surface area contributed by atoms with E-state index in [4.69, 9.17) is 9.47 Å². The zero-order chi connectivity index (χ0) is 20.5. The molecule has 2 heterocycles. The lowest BCUT2D eigenvalue weighted by Crippen LogP contribution is -2.31. The average Bonchev–Trinajstić information content (AvgIpc) is 2.73. The van der Waals surface area contributed by atoms with Crippen LogP contribution in [-0.4, -0.2) is 35.2 Å². The minimum absolute atomic E-state index is 0.0551. The van der Waals surface area contributed by atoms with Gasteiger partial charge in [0.2, 0.25) is 11.7 Å². The molecule has 8 heteroatoms. The summed E-state index contributed by atoms with van der Waals surface area (Å²) in [5.41, 5.74) is 1.34. The van der Waals surface area contributed by atoms with Gasteiger partial charge >= 0.3 is 0 Å². The molecule has 3 aromatic rings. The van der Waals surface area contributed by atoms with Crippen molar-refractivity contribution in [3.05, 3.63) is 63.9 Å². The Bertz CT molecular complexity index is 1120. The summed E-state index contributed by atoms with van der Waals surface area (Å²) in [5.74, 6) is 0.00455. The van der Waals surface area contributed by atoms with Gasteiger partial charge in [-0.15, -0.1) is 0 Å². The van der Waals surface area contributed by atoms with Crippen LogP contribution in [0.5, 0.6) is 17.2 Å². The topological polar surface area (TPSA) is 114 Å². The highest BCUT2D eigenvalue weighted by Crippen LogP contribution is 2.42. The van der Waals surface area contributed by atoms with E-state index in [2.05, 4.69) is 15.3 Å². The Labute approximate surface area is 166 Å². The third-order valence-corrected chi connectivity index (χ3v) is 4.90. The fraction of sp³-hybridized carbons (Fsp3) is 0.190. The third-order valence-electron chi connectivity index (χ3n) is 4.90.